The molecule has 0 atom stereocenters. The average Bonchev–Trinajstić information content (AvgIpc) is 2.42. The lowest BCUT2D eigenvalue weighted by Crippen LogP contribution is -2.57. The Morgan fingerprint density at radius 1 is 1.35 bits per heavy atom. The first-order valence-corrected chi connectivity index (χ1v) is 6.42. The molecule has 7 heteroatoms. The van der Waals surface area contributed by atoms with Crippen molar-refractivity contribution in [1.82, 2.24) is 5.32 Å². The standard InChI is InChI=1S/C13H13ClFNO4/c14-10-8(2-1-3-9(10)15)11(17)16-13(12(18)19)4-6-20-7-5-13/h1-3H,4-7H2,(H,16,17)(H,18,19). The minimum absolute atomic E-state index is 0.0845. The first kappa shape index (κ1) is 14.7. The van der Waals surface area contributed by atoms with Gasteiger partial charge >= 0.3 is 5.97 Å². The van der Waals surface area contributed by atoms with Gasteiger partial charge in [0.25, 0.3) is 5.91 Å². The van der Waals surface area contributed by atoms with Crippen molar-refractivity contribution in [1.29, 1.82) is 0 Å². The van der Waals surface area contributed by atoms with Gasteiger partial charge in [-0.2, -0.15) is 0 Å². The Kier molecular flexibility index (Phi) is 4.25. The molecule has 0 bridgehead atoms. The lowest BCUT2D eigenvalue weighted by molar-refractivity contribution is -0.148. The van der Waals surface area contributed by atoms with Gasteiger partial charge in [0.15, 0.2) is 0 Å². The molecule has 108 valence electrons. The molecule has 1 aromatic carbocycles. The topological polar surface area (TPSA) is 75.6 Å². The molecule has 0 radical (unpaired) electrons. The summed E-state index contributed by atoms with van der Waals surface area (Å²) in [5.41, 5.74) is -1.48. The maximum absolute atomic E-state index is 13.3. The Bertz CT molecular complexity index is 543. The second-order valence-corrected chi connectivity index (χ2v) is 4.93. The van der Waals surface area contributed by atoms with Crippen LogP contribution >= 0.6 is 11.6 Å². The normalized spacial score (nSPS) is 17.5. The van der Waals surface area contributed by atoms with E-state index in [0.29, 0.717) is 0 Å². The molecule has 2 N–H and O–H groups in total. The summed E-state index contributed by atoms with van der Waals surface area (Å²) in [5, 5.41) is 11.5. The van der Waals surface area contributed by atoms with E-state index < -0.39 is 23.2 Å². The van der Waals surface area contributed by atoms with Crippen LogP contribution in [-0.4, -0.2) is 35.7 Å². The zero-order valence-electron chi connectivity index (χ0n) is 10.5. The molecule has 0 aromatic heterocycles. The van der Waals surface area contributed by atoms with Crippen molar-refractivity contribution in [3.8, 4) is 0 Å². The third-order valence-corrected chi connectivity index (χ3v) is 3.69. The summed E-state index contributed by atoms with van der Waals surface area (Å²) in [5.74, 6) is -2.57. The van der Waals surface area contributed by atoms with Crippen molar-refractivity contribution in [2.24, 2.45) is 0 Å². The van der Waals surface area contributed by atoms with E-state index in [1.54, 1.807) is 0 Å². The molecule has 1 aliphatic rings. The van der Waals surface area contributed by atoms with Gasteiger partial charge in [0.05, 0.1) is 10.6 Å². The minimum Gasteiger partial charge on any atom is -0.480 e. The van der Waals surface area contributed by atoms with Crippen molar-refractivity contribution in [3.05, 3.63) is 34.6 Å². The Morgan fingerprint density at radius 3 is 2.60 bits per heavy atom. The molecule has 1 aliphatic heterocycles. The lowest BCUT2D eigenvalue weighted by Gasteiger charge is -2.33. The second-order valence-electron chi connectivity index (χ2n) is 4.56. The number of carboxylic acids is 1. The maximum Gasteiger partial charge on any atom is 0.329 e. The number of aliphatic carboxylic acids is 1. The van der Waals surface area contributed by atoms with E-state index in [2.05, 4.69) is 5.32 Å². The molecule has 1 fully saturated rings. The summed E-state index contributed by atoms with van der Waals surface area (Å²) in [6.07, 6.45) is 0.308. The van der Waals surface area contributed by atoms with E-state index in [1.165, 1.54) is 12.1 Å². The fraction of sp³-hybridized carbons (Fsp3) is 0.385. The van der Waals surface area contributed by atoms with Gasteiger partial charge in [0, 0.05) is 26.1 Å². The van der Waals surface area contributed by atoms with Crippen molar-refractivity contribution >= 4 is 23.5 Å². The largest absolute Gasteiger partial charge is 0.480 e. The van der Waals surface area contributed by atoms with Crippen LogP contribution in [0.1, 0.15) is 23.2 Å². The minimum atomic E-state index is -1.40. The summed E-state index contributed by atoms with van der Waals surface area (Å²) in [4.78, 5) is 23.5. The number of hydrogen-bond acceptors (Lipinski definition) is 3. The summed E-state index contributed by atoms with van der Waals surface area (Å²) >= 11 is 5.72. The Morgan fingerprint density at radius 2 is 2.00 bits per heavy atom. The number of carbonyl (C=O) groups excluding carboxylic acids is 1. The maximum atomic E-state index is 13.3. The van der Waals surface area contributed by atoms with Crippen LogP contribution < -0.4 is 5.32 Å². The van der Waals surface area contributed by atoms with Crippen molar-refractivity contribution in [3.63, 3.8) is 0 Å². The predicted octanol–water partition coefficient (Wildman–Crippen LogP) is 1.84. The van der Waals surface area contributed by atoms with Crippen molar-refractivity contribution in [2.45, 2.75) is 18.4 Å². The van der Waals surface area contributed by atoms with E-state index in [0.717, 1.165) is 6.07 Å². The molecule has 0 saturated carbocycles. The van der Waals surface area contributed by atoms with Crippen LogP contribution in [0.3, 0.4) is 0 Å². The molecule has 1 aromatic rings. The highest BCUT2D eigenvalue weighted by molar-refractivity contribution is 6.34. The first-order chi connectivity index (χ1) is 9.46. The third kappa shape index (κ3) is 2.76. The Balaban J connectivity index is 2.25. The van der Waals surface area contributed by atoms with Gasteiger partial charge in [-0.25, -0.2) is 9.18 Å². The van der Waals surface area contributed by atoms with Gasteiger partial charge in [-0.1, -0.05) is 17.7 Å². The number of amides is 1. The van der Waals surface area contributed by atoms with Gasteiger partial charge in [-0.3, -0.25) is 4.79 Å². The second kappa shape index (κ2) is 5.76. The van der Waals surface area contributed by atoms with Crippen LogP contribution in [0, 0.1) is 5.82 Å². The summed E-state index contributed by atoms with van der Waals surface area (Å²) in [7, 11) is 0. The molecule has 0 aliphatic carbocycles. The fourth-order valence-corrected chi connectivity index (χ4v) is 2.29. The van der Waals surface area contributed by atoms with Crippen LogP contribution in [-0.2, 0) is 9.53 Å². The molecule has 0 unspecified atom stereocenters. The van der Waals surface area contributed by atoms with E-state index >= 15 is 0 Å². The quantitative estimate of drug-likeness (QED) is 0.893. The Labute approximate surface area is 119 Å². The number of carboxylic acid groups (broad SMARTS) is 1. The highest BCUT2D eigenvalue weighted by atomic mass is 35.5. The molecule has 20 heavy (non-hydrogen) atoms. The lowest BCUT2D eigenvalue weighted by atomic mass is 9.89. The van der Waals surface area contributed by atoms with Gasteiger partial charge in [-0.15, -0.1) is 0 Å². The summed E-state index contributed by atoms with van der Waals surface area (Å²) < 4.78 is 18.4. The number of benzene rings is 1. The third-order valence-electron chi connectivity index (χ3n) is 3.30. The fourth-order valence-electron chi connectivity index (χ4n) is 2.08. The van der Waals surface area contributed by atoms with Crippen molar-refractivity contribution < 1.29 is 23.8 Å². The number of nitrogens with one attached hydrogen (secondary N) is 1. The zero-order valence-corrected chi connectivity index (χ0v) is 11.2. The van der Waals surface area contributed by atoms with Crippen LogP contribution in [0.2, 0.25) is 5.02 Å². The molecular weight excluding hydrogens is 289 g/mol. The SMILES string of the molecule is O=C(NC1(C(=O)O)CCOCC1)c1cccc(F)c1Cl. The zero-order chi connectivity index (χ0) is 14.8. The van der Waals surface area contributed by atoms with Gasteiger partial charge in [-0.05, 0) is 12.1 Å². The summed E-state index contributed by atoms with van der Waals surface area (Å²) in [6.45, 7) is 0.479. The van der Waals surface area contributed by atoms with Crippen LogP contribution in [0.25, 0.3) is 0 Å². The number of carbonyl (C=O) groups is 2. The first-order valence-electron chi connectivity index (χ1n) is 6.04. The van der Waals surface area contributed by atoms with Crippen LogP contribution in [0.15, 0.2) is 18.2 Å². The number of halogens is 2. The predicted molar refractivity (Wildman–Crippen MR) is 69.3 cm³/mol. The highest BCUT2D eigenvalue weighted by Gasteiger charge is 2.42. The van der Waals surface area contributed by atoms with Crippen LogP contribution in [0.5, 0.6) is 0 Å². The van der Waals surface area contributed by atoms with E-state index in [4.69, 9.17) is 16.3 Å². The van der Waals surface area contributed by atoms with E-state index in [9.17, 15) is 19.1 Å². The smallest absolute Gasteiger partial charge is 0.329 e. The number of rotatable bonds is 3. The molecule has 1 saturated heterocycles. The molecular formula is C13H13ClFNO4. The molecule has 1 amide bonds. The average molecular weight is 302 g/mol. The summed E-state index contributed by atoms with van der Waals surface area (Å²) in [6, 6.07) is 3.81. The number of ether oxygens (including phenoxy) is 1. The van der Waals surface area contributed by atoms with Crippen molar-refractivity contribution in [2.75, 3.05) is 13.2 Å². The monoisotopic (exact) mass is 301 g/mol. The molecule has 1 heterocycles. The number of hydrogen-bond donors (Lipinski definition) is 2. The van der Waals surface area contributed by atoms with Gasteiger partial charge < -0.3 is 15.2 Å². The Hall–Kier alpha value is -1.66. The van der Waals surface area contributed by atoms with Crippen LogP contribution in [0.4, 0.5) is 4.39 Å². The molecule has 0 spiro atoms. The van der Waals surface area contributed by atoms with Gasteiger partial charge in [0.1, 0.15) is 11.4 Å². The van der Waals surface area contributed by atoms with E-state index in [-0.39, 0.29) is 36.6 Å². The van der Waals surface area contributed by atoms with E-state index in [1.807, 2.05) is 0 Å². The van der Waals surface area contributed by atoms with Gasteiger partial charge in [0.2, 0.25) is 0 Å². The molecule has 5 nitrogen and oxygen atoms in total. The molecule has 2 rings (SSSR count). The highest BCUT2D eigenvalue weighted by Crippen LogP contribution is 2.24.